The monoisotopic (exact) mass is 181 g/mol. The largest absolute Gasteiger partial charge is 0.265 e. The quantitative estimate of drug-likeness (QED) is 0.482. The molecular formula is C10H15NO2. The lowest BCUT2D eigenvalue weighted by Crippen LogP contribution is -2.47. The van der Waals surface area contributed by atoms with Crippen LogP contribution in [0.2, 0.25) is 0 Å². The van der Waals surface area contributed by atoms with E-state index in [0.29, 0.717) is 5.92 Å². The maximum Gasteiger partial charge on any atom is 0.207 e. The van der Waals surface area contributed by atoms with Gasteiger partial charge in [0.25, 0.3) is 0 Å². The van der Waals surface area contributed by atoms with Crippen molar-refractivity contribution in [2.24, 2.45) is 29.6 Å². The van der Waals surface area contributed by atoms with Gasteiger partial charge in [-0.05, 0) is 42.9 Å². The lowest BCUT2D eigenvalue weighted by molar-refractivity contribution is -0.497. The fraction of sp³-hybridized carbons (Fsp3) is 1.00. The summed E-state index contributed by atoms with van der Waals surface area (Å²) in [6.07, 6.45) is 5.33. The van der Waals surface area contributed by atoms with Gasteiger partial charge in [-0.3, -0.25) is 10.1 Å². The number of hydrogen-bond donors (Lipinski definition) is 0. The van der Waals surface area contributed by atoms with Crippen LogP contribution in [0.25, 0.3) is 0 Å². The van der Waals surface area contributed by atoms with Crippen molar-refractivity contribution in [1.82, 2.24) is 0 Å². The summed E-state index contributed by atoms with van der Waals surface area (Å²) in [6.45, 7) is 0.249. The first-order valence-electron chi connectivity index (χ1n) is 5.37. The molecule has 0 aromatic heterocycles. The molecule has 3 nitrogen and oxygen atoms in total. The van der Waals surface area contributed by atoms with Crippen LogP contribution in [0.15, 0.2) is 0 Å². The number of rotatable bonds is 2. The molecule has 0 N–H and O–H groups in total. The summed E-state index contributed by atoms with van der Waals surface area (Å²) in [5.41, 5.74) is 0. The maximum absolute atomic E-state index is 10.5. The van der Waals surface area contributed by atoms with Crippen molar-refractivity contribution in [3.8, 4) is 0 Å². The molecular weight excluding hydrogens is 166 g/mol. The highest BCUT2D eigenvalue weighted by molar-refractivity contribution is 5.05. The van der Waals surface area contributed by atoms with E-state index >= 15 is 0 Å². The third-order valence-electron chi connectivity index (χ3n) is 4.68. The SMILES string of the molecule is O=[N+]([O-])CC1C2CC[C@H]3CC2C1C3. The minimum atomic E-state index is -0.105. The van der Waals surface area contributed by atoms with E-state index in [1.54, 1.807) is 0 Å². The average molecular weight is 181 g/mol. The van der Waals surface area contributed by atoms with E-state index in [2.05, 4.69) is 0 Å². The van der Waals surface area contributed by atoms with E-state index in [1.807, 2.05) is 0 Å². The van der Waals surface area contributed by atoms with Gasteiger partial charge in [0.15, 0.2) is 0 Å². The van der Waals surface area contributed by atoms with Gasteiger partial charge in [0.1, 0.15) is 0 Å². The zero-order valence-corrected chi connectivity index (χ0v) is 7.69. The Morgan fingerprint density at radius 2 is 1.92 bits per heavy atom. The van der Waals surface area contributed by atoms with Gasteiger partial charge >= 0.3 is 0 Å². The number of hydrogen-bond acceptors (Lipinski definition) is 2. The van der Waals surface area contributed by atoms with Crippen LogP contribution in [-0.4, -0.2) is 11.5 Å². The number of fused-ring (bicyclic) bond motifs is 1. The molecule has 0 aromatic rings. The highest BCUT2D eigenvalue weighted by atomic mass is 16.6. The lowest BCUT2D eigenvalue weighted by atomic mass is 9.56. The van der Waals surface area contributed by atoms with E-state index in [0.717, 1.165) is 23.7 Å². The van der Waals surface area contributed by atoms with Crippen LogP contribution in [0.3, 0.4) is 0 Å². The van der Waals surface area contributed by atoms with Crippen molar-refractivity contribution in [2.45, 2.75) is 25.7 Å². The number of nitro groups is 1. The molecule has 0 spiro atoms. The molecule has 0 heterocycles. The summed E-state index contributed by atoms with van der Waals surface area (Å²) in [5.74, 6) is 3.75. The van der Waals surface area contributed by atoms with Crippen LogP contribution in [0.5, 0.6) is 0 Å². The van der Waals surface area contributed by atoms with Gasteiger partial charge in [-0.2, -0.15) is 0 Å². The van der Waals surface area contributed by atoms with E-state index in [-0.39, 0.29) is 11.5 Å². The van der Waals surface area contributed by atoms with Crippen molar-refractivity contribution in [3.63, 3.8) is 0 Å². The molecule has 3 aliphatic carbocycles. The molecule has 0 amide bonds. The third-order valence-corrected chi connectivity index (χ3v) is 4.68. The lowest BCUT2D eigenvalue weighted by Gasteiger charge is -2.47. The van der Waals surface area contributed by atoms with Crippen molar-refractivity contribution in [1.29, 1.82) is 0 Å². The fourth-order valence-electron chi connectivity index (χ4n) is 4.22. The summed E-state index contributed by atoms with van der Waals surface area (Å²) < 4.78 is 0. The maximum atomic E-state index is 10.5. The second-order valence-electron chi connectivity index (χ2n) is 5.09. The summed E-state index contributed by atoms with van der Waals surface area (Å²) in [7, 11) is 0. The molecule has 0 radical (unpaired) electrons. The van der Waals surface area contributed by atoms with Gasteiger partial charge in [-0.1, -0.05) is 6.42 Å². The third kappa shape index (κ3) is 0.960. The molecule has 5 atom stereocenters. The van der Waals surface area contributed by atoms with Crippen LogP contribution >= 0.6 is 0 Å². The van der Waals surface area contributed by atoms with Gasteiger partial charge < -0.3 is 0 Å². The molecule has 72 valence electrons. The second-order valence-corrected chi connectivity index (χ2v) is 5.09. The first kappa shape index (κ1) is 7.77. The molecule has 3 rings (SSSR count). The average Bonchev–Trinajstić information content (AvgIpc) is 2.26. The molecule has 0 saturated heterocycles. The van der Waals surface area contributed by atoms with E-state index in [4.69, 9.17) is 0 Å². The Kier molecular flexibility index (Phi) is 1.47. The zero-order valence-electron chi connectivity index (χ0n) is 7.69. The predicted molar refractivity (Wildman–Crippen MR) is 47.8 cm³/mol. The molecule has 3 saturated carbocycles. The van der Waals surface area contributed by atoms with Crippen molar-refractivity contribution in [3.05, 3.63) is 10.1 Å². The number of nitrogens with zero attached hydrogens (tertiary/aromatic N) is 1. The second kappa shape index (κ2) is 2.46. The Bertz CT molecular complexity index is 247. The van der Waals surface area contributed by atoms with E-state index < -0.39 is 0 Å². The van der Waals surface area contributed by atoms with Crippen molar-refractivity contribution < 1.29 is 4.92 Å². The highest BCUT2D eigenvalue weighted by Crippen LogP contribution is 2.63. The Balaban J connectivity index is 1.75. The Morgan fingerprint density at radius 3 is 2.69 bits per heavy atom. The molecule has 3 heteroatoms. The van der Waals surface area contributed by atoms with Crippen LogP contribution < -0.4 is 0 Å². The normalized spacial score (nSPS) is 51.5. The van der Waals surface area contributed by atoms with Gasteiger partial charge in [0.2, 0.25) is 6.54 Å². The smallest absolute Gasteiger partial charge is 0.207 e. The first-order chi connectivity index (χ1) is 6.25. The fourth-order valence-corrected chi connectivity index (χ4v) is 4.22. The summed E-state index contributed by atoms with van der Waals surface area (Å²) in [4.78, 5) is 10.4. The molecule has 4 unspecified atom stereocenters. The van der Waals surface area contributed by atoms with Crippen molar-refractivity contribution in [2.75, 3.05) is 6.54 Å². The van der Waals surface area contributed by atoms with E-state index in [9.17, 15) is 10.1 Å². The summed E-state index contributed by atoms with van der Waals surface area (Å²) in [6, 6.07) is 0. The Labute approximate surface area is 77.7 Å². The standard InChI is InChI=1S/C10H15NO2/c12-11(13)5-10-7-2-1-6-3-8(7)9(10)4-6/h6-10H,1-5H2/t6-,7?,8?,9?,10?/m0/s1. The summed E-state index contributed by atoms with van der Waals surface area (Å²) >= 11 is 0. The molecule has 3 fully saturated rings. The van der Waals surface area contributed by atoms with Crippen molar-refractivity contribution >= 4 is 0 Å². The first-order valence-corrected chi connectivity index (χ1v) is 5.37. The zero-order chi connectivity index (χ0) is 9.00. The van der Waals surface area contributed by atoms with Gasteiger partial charge in [-0.15, -0.1) is 0 Å². The Morgan fingerprint density at radius 1 is 1.15 bits per heavy atom. The molecule has 0 aliphatic heterocycles. The molecule has 0 aromatic carbocycles. The minimum absolute atomic E-state index is 0.105. The van der Waals surface area contributed by atoms with Gasteiger partial charge in [-0.25, -0.2) is 0 Å². The predicted octanol–water partition coefficient (Wildman–Crippen LogP) is 1.95. The van der Waals surface area contributed by atoms with Crippen LogP contribution in [0.4, 0.5) is 0 Å². The topological polar surface area (TPSA) is 43.1 Å². The van der Waals surface area contributed by atoms with Gasteiger partial charge in [0, 0.05) is 10.8 Å². The molecule has 3 aliphatic rings. The highest BCUT2D eigenvalue weighted by Gasteiger charge is 2.58. The summed E-state index contributed by atoms with van der Waals surface area (Å²) in [5, 5.41) is 10.5. The van der Waals surface area contributed by atoms with Crippen LogP contribution in [-0.2, 0) is 0 Å². The Hall–Kier alpha value is -0.600. The minimum Gasteiger partial charge on any atom is -0.265 e. The molecule has 2 bridgehead atoms. The van der Waals surface area contributed by atoms with Gasteiger partial charge in [0.05, 0.1) is 0 Å². The van der Waals surface area contributed by atoms with Crippen LogP contribution in [0.1, 0.15) is 25.7 Å². The molecule has 13 heavy (non-hydrogen) atoms. The van der Waals surface area contributed by atoms with Crippen LogP contribution in [0, 0.1) is 39.7 Å². The van der Waals surface area contributed by atoms with E-state index in [1.165, 1.54) is 25.7 Å².